The van der Waals surface area contributed by atoms with Crippen LogP contribution in [0.3, 0.4) is 0 Å². The second-order valence-corrected chi connectivity index (χ2v) is 11.3. The lowest BCUT2D eigenvalue weighted by Gasteiger charge is -2.44. The molecule has 0 amide bonds. The molecule has 2 nitrogen and oxygen atoms in total. The molecule has 0 bridgehead atoms. The summed E-state index contributed by atoms with van der Waals surface area (Å²) in [5.74, 6) is 0. The molecule has 8 rings (SSSR count). The van der Waals surface area contributed by atoms with Crippen molar-refractivity contribution in [2.24, 2.45) is 0 Å². The molecule has 2 aliphatic rings. The normalized spacial score (nSPS) is 15.1. The van der Waals surface area contributed by atoms with E-state index in [1.807, 2.05) is 0 Å². The Labute approximate surface area is 242 Å². The zero-order valence-electron chi connectivity index (χ0n) is 23.1. The number of hydrogen-bond donors (Lipinski definition) is 0. The Morgan fingerprint density at radius 2 is 1.17 bits per heavy atom. The molecule has 0 N–H and O–H groups in total. The minimum atomic E-state index is 0.0623. The zero-order valence-corrected chi connectivity index (χ0v) is 23.1. The van der Waals surface area contributed by atoms with Gasteiger partial charge in [0.1, 0.15) is 0 Å². The summed E-state index contributed by atoms with van der Waals surface area (Å²) < 4.78 is 0. The third-order valence-electron chi connectivity index (χ3n) is 9.15. The van der Waals surface area contributed by atoms with E-state index in [1.54, 1.807) is 0 Å². The third kappa shape index (κ3) is 3.78. The van der Waals surface area contributed by atoms with Crippen LogP contribution >= 0.6 is 0 Å². The van der Waals surface area contributed by atoms with Crippen molar-refractivity contribution in [3.05, 3.63) is 157 Å². The second-order valence-electron chi connectivity index (χ2n) is 11.3. The quantitative estimate of drug-likeness (QED) is 0.224. The van der Waals surface area contributed by atoms with Crippen LogP contribution < -0.4 is 9.80 Å². The lowest BCUT2D eigenvalue weighted by atomic mass is 9.69. The molecule has 6 aromatic rings. The Bertz CT molecular complexity index is 1850. The van der Waals surface area contributed by atoms with Gasteiger partial charge < -0.3 is 9.80 Å². The largest absolute Gasteiger partial charge is 0.310 e. The Morgan fingerprint density at radius 1 is 0.512 bits per heavy atom. The summed E-state index contributed by atoms with van der Waals surface area (Å²) in [6, 6.07) is 53.3. The summed E-state index contributed by atoms with van der Waals surface area (Å²) in [5.41, 5.74) is 10.3. The van der Waals surface area contributed by atoms with Crippen LogP contribution in [0, 0.1) is 0 Å². The van der Waals surface area contributed by atoms with E-state index in [0.717, 1.165) is 5.69 Å². The summed E-state index contributed by atoms with van der Waals surface area (Å²) >= 11 is 0. The second kappa shape index (κ2) is 9.67. The van der Waals surface area contributed by atoms with E-state index >= 15 is 0 Å². The molecule has 0 radical (unpaired) electrons. The molecule has 1 heterocycles. The molecule has 198 valence electrons. The fourth-order valence-corrected chi connectivity index (χ4v) is 7.38. The van der Waals surface area contributed by atoms with E-state index < -0.39 is 0 Å². The van der Waals surface area contributed by atoms with Gasteiger partial charge in [-0.05, 0) is 77.9 Å². The lowest BCUT2D eigenvalue weighted by Crippen LogP contribution is -2.33. The molecular formula is C39H32N2. The molecule has 41 heavy (non-hydrogen) atoms. The van der Waals surface area contributed by atoms with Crippen LogP contribution in [0.15, 0.2) is 146 Å². The lowest BCUT2D eigenvalue weighted by molar-refractivity contribution is 0.530. The van der Waals surface area contributed by atoms with Crippen LogP contribution in [0.1, 0.15) is 36.8 Å². The molecule has 0 atom stereocenters. The first-order valence-corrected chi connectivity index (χ1v) is 14.8. The van der Waals surface area contributed by atoms with Crippen molar-refractivity contribution in [1.82, 2.24) is 0 Å². The molecule has 0 unspecified atom stereocenters. The SMILES string of the molecule is c1ccc(N2c3ccccc3C3(CCCC3)c3ccc(N(c4ccccc4)c4cccc5ccccc45)cc32)cc1. The van der Waals surface area contributed by atoms with Gasteiger partial charge >= 0.3 is 0 Å². The number of nitrogens with zero attached hydrogens (tertiary/aromatic N) is 2. The van der Waals surface area contributed by atoms with Crippen LogP contribution in [0.5, 0.6) is 0 Å². The molecule has 1 fully saturated rings. The van der Waals surface area contributed by atoms with Crippen molar-refractivity contribution >= 4 is 44.9 Å². The summed E-state index contributed by atoms with van der Waals surface area (Å²) in [5, 5.41) is 2.49. The molecule has 1 aliphatic heterocycles. The Morgan fingerprint density at radius 3 is 2.00 bits per heavy atom. The third-order valence-corrected chi connectivity index (χ3v) is 9.15. The minimum absolute atomic E-state index is 0.0623. The predicted molar refractivity (Wildman–Crippen MR) is 173 cm³/mol. The highest BCUT2D eigenvalue weighted by atomic mass is 15.2. The van der Waals surface area contributed by atoms with Gasteiger partial charge in [-0.25, -0.2) is 0 Å². The maximum absolute atomic E-state index is 2.49. The molecular weight excluding hydrogens is 496 g/mol. The molecule has 2 heteroatoms. The molecule has 0 saturated heterocycles. The van der Waals surface area contributed by atoms with Crippen LogP contribution in [0.4, 0.5) is 34.1 Å². The number of fused-ring (bicyclic) bond motifs is 5. The zero-order chi connectivity index (χ0) is 27.2. The number of hydrogen-bond acceptors (Lipinski definition) is 2. The van der Waals surface area contributed by atoms with Crippen LogP contribution in [0.2, 0.25) is 0 Å². The topological polar surface area (TPSA) is 6.48 Å². The summed E-state index contributed by atoms with van der Waals surface area (Å²) in [6.07, 6.45) is 4.94. The maximum atomic E-state index is 2.49. The van der Waals surface area contributed by atoms with Gasteiger partial charge in [0, 0.05) is 27.9 Å². The standard InChI is InChI=1S/C39H32N2/c1-3-16-30(17-4-1)40(36-23-13-15-29-14-7-8-20-33(29)36)32-24-25-35-38(28-32)41(31-18-5-2-6-19-31)37-22-10-9-21-34(37)39(35)26-11-12-27-39/h1-10,13-25,28H,11-12,26-27H2. The van der Waals surface area contributed by atoms with Crippen molar-refractivity contribution in [3.8, 4) is 0 Å². The maximum Gasteiger partial charge on any atom is 0.0540 e. The summed E-state index contributed by atoms with van der Waals surface area (Å²) in [7, 11) is 0. The van der Waals surface area contributed by atoms with E-state index in [1.165, 1.54) is 76.0 Å². The van der Waals surface area contributed by atoms with Crippen LogP contribution in [0.25, 0.3) is 10.8 Å². The van der Waals surface area contributed by atoms with Gasteiger partial charge in [-0.1, -0.05) is 110 Å². The first kappa shape index (κ1) is 24.0. The van der Waals surface area contributed by atoms with Crippen molar-refractivity contribution < 1.29 is 0 Å². The van der Waals surface area contributed by atoms with Gasteiger partial charge in [-0.2, -0.15) is 0 Å². The highest BCUT2D eigenvalue weighted by Gasteiger charge is 2.45. The van der Waals surface area contributed by atoms with Gasteiger partial charge in [0.15, 0.2) is 0 Å². The first-order valence-electron chi connectivity index (χ1n) is 14.8. The molecule has 6 aromatic carbocycles. The fraction of sp³-hybridized carbons (Fsp3) is 0.128. The van der Waals surface area contributed by atoms with Crippen LogP contribution in [-0.2, 0) is 5.41 Å². The number of para-hydroxylation sites is 3. The Kier molecular flexibility index (Phi) is 5.67. The number of rotatable bonds is 4. The summed E-state index contributed by atoms with van der Waals surface area (Å²) in [4.78, 5) is 4.91. The Hall–Kier alpha value is -4.82. The van der Waals surface area contributed by atoms with Gasteiger partial charge in [-0.3, -0.25) is 0 Å². The summed E-state index contributed by atoms with van der Waals surface area (Å²) in [6.45, 7) is 0. The van der Waals surface area contributed by atoms with Gasteiger partial charge in [0.05, 0.1) is 17.1 Å². The van der Waals surface area contributed by atoms with Crippen molar-refractivity contribution in [3.63, 3.8) is 0 Å². The van der Waals surface area contributed by atoms with E-state index in [2.05, 4.69) is 155 Å². The van der Waals surface area contributed by atoms with Gasteiger partial charge in [-0.15, -0.1) is 0 Å². The van der Waals surface area contributed by atoms with E-state index in [0.29, 0.717) is 0 Å². The average Bonchev–Trinajstić information content (AvgIpc) is 3.53. The van der Waals surface area contributed by atoms with Crippen LogP contribution in [-0.4, -0.2) is 0 Å². The van der Waals surface area contributed by atoms with E-state index in [-0.39, 0.29) is 5.41 Å². The molecule has 1 saturated carbocycles. The average molecular weight is 529 g/mol. The predicted octanol–water partition coefficient (Wildman–Crippen LogP) is 11.0. The van der Waals surface area contributed by atoms with Gasteiger partial charge in [0.2, 0.25) is 0 Å². The molecule has 1 spiro atoms. The number of anilines is 6. The van der Waals surface area contributed by atoms with Crippen molar-refractivity contribution in [1.29, 1.82) is 0 Å². The van der Waals surface area contributed by atoms with E-state index in [9.17, 15) is 0 Å². The molecule has 1 aliphatic carbocycles. The minimum Gasteiger partial charge on any atom is -0.310 e. The highest BCUT2D eigenvalue weighted by Crippen LogP contribution is 2.59. The smallest absolute Gasteiger partial charge is 0.0540 e. The first-order chi connectivity index (χ1) is 20.3. The molecule has 0 aromatic heterocycles. The monoisotopic (exact) mass is 528 g/mol. The highest BCUT2D eigenvalue weighted by molar-refractivity contribution is 5.99. The number of benzene rings is 6. The Balaban J connectivity index is 1.40. The van der Waals surface area contributed by atoms with Crippen molar-refractivity contribution in [2.75, 3.05) is 9.80 Å². The van der Waals surface area contributed by atoms with Gasteiger partial charge in [0.25, 0.3) is 0 Å². The fourth-order valence-electron chi connectivity index (χ4n) is 7.38. The van der Waals surface area contributed by atoms with E-state index in [4.69, 9.17) is 0 Å². The van der Waals surface area contributed by atoms with Crippen molar-refractivity contribution in [2.45, 2.75) is 31.1 Å².